The van der Waals surface area contributed by atoms with Crippen LogP contribution < -0.4 is 26.4 Å². The van der Waals surface area contributed by atoms with E-state index in [9.17, 15) is 5.26 Å². The second-order valence-electron chi connectivity index (χ2n) is 10.8. The molecule has 1 aliphatic heterocycles. The lowest BCUT2D eigenvalue weighted by atomic mass is 10.0. The van der Waals surface area contributed by atoms with Crippen LogP contribution in [-0.2, 0) is 9.47 Å². The van der Waals surface area contributed by atoms with Gasteiger partial charge in [-0.05, 0) is 65.2 Å². The van der Waals surface area contributed by atoms with Gasteiger partial charge in [0.2, 0.25) is 0 Å². The van der Waals surface area contributed by atoms with Crippen molar-refractivity contribution in [1.82, 2.24) is 15.3 Å². The number of aromatic nitrogens is 2. The van der Waals surface area contributed by atoms with Crippen molar-refractivity contribution in [2.24, 2.45) is 11.8 Å². The summed E-state index contributed by atoms with van der Waals surface area (Å²) >= 11 is 0. The van der Waals surface area contributed by atoms with Crippen LogP contribution in [0.3, 0.4) is 0 Å². The fourth-order valence-corrected chi connectivity index (χ4v) is 4.57. The average molecular weight is 543 g/mol. The predicted molar refractivity (Wildman–Crippen MR) is 145 cm³/mol. The van der Waals surface area contributed by atoms with E-state index in [0.29, 0.717) is 32.2 Å². The first kappa shape index (κ1) is 28.3. The lowest BCUT2D eigenvalue weighted by Crippen LogP contribution is -2.44. The summed E-state index contributed by atoms with van der Waals surface area (Å²) < 4.78 is 41.9. The number of halogens is 2. The van der Waals surface area contributed by atoms with Crippen LogP contribution in [0.25, 0.3) is 0 Å². The van der Waals surface area contributed by atoms with Crippen LogP contribution in [-0.4, -0.2) is 54.0 Å². The van der Waals surface area contributed by atoms with Crippen molar-refractivity contribution in [1.29, 1.82) is 5.26 Å². The molecule has 1 aliphatic carbocycles. The van der Waals surface area contributed by atoms with Gasteiger partial charge in [0.15, 0.2) is 35.0 Å². The zero-order valence-electron chi connectivity index (χ0n) is 22.8. The Bertz CT molecular complexity index is 1240. The van der Waals surface area contributed by atoms with Gasteiger partial charge in [-0.25, -0.2) is 24.6 Å². The minimum atomic E-state index is -0.712. The monoisotopic (exact) mass is 542 g/mol. The number of ether oxygens (including phenoxy) is 2. The summed E-state index contributed by atoms with van der Waals surface area (Å²) in [7, 11) is 0. The maximum absolute atomic E-state index is 15.6. The molecule has 2 aliphatic rings. The minimum absolute atomic E-state index is 0.0440. The quantitative estimate of drug-likeness (QED) is 0.231. The van der Waals surface area contributed by atoms with Crippen LogP contribution in [0, 0.1) is 28.9 Å². The molecular formula is C27H36F2N8O2. The van der Waals surface area contributed by atoms with E-state index in [2.05, 4.69) is 27.2 Å². The number of nitrogens with one attached hydrogen (secondary N) is 2. The largest absolute Gasteiger partial charge is 0.474 e. The van der Waals surface area contributed by atoms with Crippen LogP contribution >= 0.6 is 0 Å². The first-order valence-electron chi connectivity index (χ1n) is 13.0. The molecule has 0 aromatic carbocycles. The first-order valence-corrected chi connectivity index (χ1v) is 13.0. The molecule has 2 atom stereocenters. The molecule has 0 bridgehead atoms. The molecule has 10 nitrogen and oxygen atoms in total. The SMILES string of the molecule is C=C(N[C@@H](C)[C@H](Nc1nc(N(N)c2ccnc(N3CCOCC3)c2F)c(C#N)cc1F)C1CC1)OC(C)(C)C. The second kappa shape index (κ2) is 11.6. The van der Waals surface area contributed by atoms with Crippen molar-refractivity contribution < 1.29 is 18.3 Å². The molecule has 1 saturated carbocycles. The fraction of sp³-hybridized carbons (Fsp3) is 0.519. The average Bonchev–Trinajstić information content (AvgIpc) is 3.72. The molecule has 4 N–H and O–H groups in total. The highest BCUT2D eigenvalue weighted by atomic mass is 19.1. The van der Waals surface area contributed by atoms with Gasteiger partial charge in [0.25, 0.3) is 0 Å². The van der Waals surface area contributed by atoms with Gasteiger partial charge in [0.05, 0.1) is 24.8 Å². The molecule has 39 heavy (non-hydrogen) atoms. The van der Waals surface area contributed by atoms with Crippen molar-refractivity contribution in [3.8, 4) is 6.07 Å². The Hall–Kier alpha value is -3.69. The Kier molecular flexibility index (Phi) is 8.42. The topological polar surface area (TPSA) is 125 Å². The van der Waals surface area contributed by atoms with E-state index >= 15 is 8.78 Å². The molecule has 3 heterocycles. The third-order valence-electron chi connectivity index (χ3n) is 6.52. The maximum atomic E-state index is 15.6. The van der Waals surface area contributed by atoms with E-state index in [4.69, 9.17) is 15.3 Å². The number of hydrazine groups is 1. The van der Waals surface area contributed by atoms with E-state index in [1.165, 1.54) is 12.3 Å². The minimum Gasteiger partial charge on any atom is -0.474 e. The third-order valence-corrected chi connectivity index (χ3v) is 6.52. The third kappa shape index (κ3) is 6.85. The van der Waals surface area contributed by atoms with E-state index in [1.54, 1.807) is 4.90 Å². The number of anilines is 4. The zero-order valence-corrected chi connectivity index (χ0v) is 22.8. The van der Waals surface area contributed by atoms with Gasteiger partial charge in [-0.1, -0.05) is 0 Å². The Morgan fingerprint density at radius 1 is 1.33 bits per heavy atom. The van der Waals surface area contributed by atoms with Crippen LogP contribution in [0.4, 0.5) is 31.9 Å². The van der Waals surface area contributed by atoms with E-state index in [-0.39, 0.29) is 46.7 Å². The first-order chi connectivity index (χ1) is 18.5. The second-order valence-corrected chi connectivity index (χ2v) is 10.8. The molecule has 2 aromatic heterocycles. The lowest BCUT2D eigenvalue weighted by Gasteiger charge is -2.31. The fourth-order valence-electron chi connectivity index (χ4n) is 4.57. The highest BCUT2D eigenvalue weighted by Crippen LogP contribution is 2.37. The Morgan fingerprint density at radius 2 is 2.03 bits per heavy atom. The number of hydrogen-bond donors (Lipinski definition) is 3. The normalized spacial score (nSPS) is 17.1. The smallest absolute Gasteiger partial charge is 0.190 e. The van der Waals surface area contributed by atoms with Crippen molar-refractivity contribution >= 4 is 23.1 Å². The standard InChI is InChI=1S/C27H36F2N8O2/c1-16(33-17(2)39-27(3,4)5)23(18-6-7-18)34-24-20(28)14-19(15-30)25(35-24)37(31)21-8-9-32-26(22(21)29)36-10-12-38-13-11-36/h8-9,14,16,18,23,33H,2,6-7,10-13,31H2,1,3-5H3,(H,34,35)/t16-,23-/m0/s1. The maximum Gasteiger partial charge on any atom is 0.190 e. The molecule has 4 rings (SSSR count). The lowest BCUT2D eigenvalue weighted by molar-refractivity contribution is 0.0381. The van der Waals surface area contributed by atoms with Gasteiger partial charge in [-0.2, -0.15) is 5.26 Å². The van der Waals surface area contributed by atoms with Gasteiger partial charge < -0.3 is 25.0 Å². The molecule has 0 spiro atoms. The Labute approximate surface area is 227 Å². The highest BCUT2D eigenvalue weighted by molar-refractivity contribution is 5.69. The molecular weight excluding hydrogens is 506 g/mol. The van der Waals surface area contributed by atoms with Crippen molar-refractivity contribution in [2.45, 2.75) is 58.2 Å². The number of nitriles is 1. The summed E-state index contributed by atoms with van der Waals surface area (Å²) in [5, 5.41) is 17.1. The van der Waals surface area contributed by atoms with Gasteiger partial charge in [0.1, 0.15) is 17.4 Å². The van der Waals surface area contributed by atoms with Crippen LogP contribution in [0.5, 0.6) is 0 Å². The molecule has 0 amide bonds. The van der Waals surface area contributed by atoms with Gasteiger partial charge in [-0.3, -0.25) is 5.01 Å². The zero-order chi connectivity index (χ0) is 28.3. The summed E-state index contributed by atoms with van der Waals surface area (Å²) in [6.45, 7) is 13.5. The summed E-state index contributed by atoms with van der Waals surface area (Å²) in [5.41, 5.74) is -0.598. The summed E-state index contributed by atoms with van der Waals surface area (Å²) in [4.78, 5) is 10.3. The van der Waals surface area contributed by atoms with Gasteiger partial charge >= 0.3 is 0 Å². The van der Waals surface area contributed by atoms with Crippen LogP contribution in [0.2, 0.25) is 0 Å². The highest BCUT2D eigenvalue weighted by Gasteiger charge is 2.36. The molecule has 12 heteroatoms. The van der Waals surface area contributed by atoms with E-state index in [1.807, 2.05) is 33.8 Å². The molecule has 2 fully saturated rings. The summed E-state index contributed by atoms with van der Waals surface area (Å²) in [5.74, 6) is 5.57. The van der Waals surface area contributed by atoms with E-state index < -0.39 is 17.2 Å². The van der Waals surface area contributed by atoms with Crippen molar-refractivity contribution in [3.05, 3.63) is 48.0 Å². The summed E-state index contributed by atoms with van der Waals surface area (Å²) in [6.07, 6.45) is 3.37. The number of morpholine rings is 1. The Morgan fingerprint density at radius 3 is 2.64 bits per heavy atom. The van der Waals surface area contributed by atoms with Gasteiger partial charge in [0, 0.05) is 25.3 Å². The number of pyridine rings is 2. The molecule has 2 aromatic rings. The van der Waals surface area contributed by atoms with E-state index in [0.717, 1.165) is 23.9 Å². The molecule has 210 valence electrons. The van der Waals surface area contributed by atoms with Gasteiger partial charge in [-0.15, -0.1) is 0 Å². The number of nitrogens with zero attached hydrogens (tertiary/aromatic N) is 5. The number of rotatable bonds is 10. The predicted octanol–water partition coefficient (Wildman–Crippen LogP) is 3.93. The van der Waals surface area contributed by atoms with Crippen molar-refractivity contribution in [3.63, 3.8) is 0 Å². The molecule has 0 unspecified atom stereocenters. The number of nitrogens with two attached hydrogens (primary N) is 1. The van der Waals surface area contributed by atoms with Crippen LogP contribution in [0.1, 0.15) is 46.1 Å². The Balaban J connectivity index is 1.61. The summed E-state index contributed by atoms with van der Waals surface area (Å²) in [6, 6.07) is 3.95. The molecule has 1 saturated heterocycles. The molecule has 0 radical (unpaired) electrons. The van der Waals surface area contributed by atoms with Crippen molar-refractivity contribution in [2.75, 3.05) is 41.5 Å². The number of hydrogen-bond acceptors (Lipinski definition) is 10. The van der Waals surface area contributed by atoms with Crippen LogP contribution in [0.15, 0.2) is 30.8 Å².